The molecular weight excluding hydrogens is 414 g/mol. The lowest BCUT2D eigenvalue weighted by Crippen LogP contribution is -2.12. The van der Waals surface area contributed by atoms with Crippen LogP contribution in [0.5, 0.6) is 11.5 Å². The van der Waals surface area contributed by atoms with E-state index < -0.39 is 15.9 Å². The Hall–Kier alpha value is -3.11. The van der Waals surface area contributed by atoms with Crippen molar-refractivity contribution in [3.8, 4) is 11.5 Å². The van der Waals surface area contributed by atoms with Crippen LogP contribution in [0.1, 0.15) is 15.4 Å². The first-order valence-electron chi connectivity index (χ1n) is 8.42. The lowest BCUT2D eigenvalue weighted by molar-refractivity contribution is 0.103. The number of benzene rings is 2. The summed E-state index contributed by atoms with van der Waals surface area (Å²) in [6, 6.07) is 12.9. The predicted molar refractivity (Wildman–Crippen MR) is 112 cm³/mol. The second-order valence-corrected chi connectivity index (χ2v) is 8.56. The molecule has 152 valence electrons. The van der Waals surface area contributed by atoms with E-state index in [9.17, 15) is 13.2 Å². The Bertz CT molecular complexity index is 1130. The number of rotatable bonds is 7. The number of hydrogen-bond acceptors (Lipinski definition) is 7. The minimum atomic E-state index is -3.78. The molecule has 0 aliphatic heterocycles. The average molecular weight is 434 g/mol. The van der Waals surface area contributed by atoms with Crippen molar-refractivity contribution < 1.29 is 22.7 Å². The van der Waals surface area contributed by atoms with E-state index in [1.54, 1.807) is 43.3 Å². The van der Waals surface area contributed by atoms with Gasteiger partial charge in [0, 0.05) is 11.8 Å². The van der Waals surface area contributed by atoms with Gasteiger partial charge in [-0.15, -0.1) is 0 Å². The van der Waals surface area contributed by atoms with E-state index >= 15 is 0 Å². The summed E-state index contributed by atoms with van der Waals surface area (Å²) in [5.41, 5.74) is 0.922. The maximum atomic E-state index is 12.6. The maximum Gasteiger partial charge on any atom is 0.267 e. The fraction of sp³-hybridized carbons (Fsp3) is 0.158. The molecule has 1 heterocycles. The van der Waals surface area contributed by atoms with Gasteiger partial charge in [0.05, 0.1) is 24.8 Å². The van der Waals surface area contributed by atoms with E-state index in [2.05, 4.69) is 15.0 Å². The zero-order valence-corrected chi connectivity index (χ0v) is 17.6. The van der Waals surface area contributed by atoms with E-state index in [0.29, 0.717) is 27.8 Å². The van der Waals surface area contributed by atoms with E-state index in [1.165, 1.54) is 26.4 Å². The zero-order valence-electron chi connectivity index (χ0n) is 15.9. The van der Waals surface area contributed by atoms with Gasteiger partial charge in [-0.2, -0.15) is 0 Å². The molecule has 0 saturated carbocycles. The predicted octanol–water partition coefficient (Wildman–Crippen LogP) is 3.52. The number of carbonyl (C=O) groups excluding carboxylic acids is 1. The number of nitrogens with one attached hydrogen (secondary N) is 2. The van der Waals surface area contributed by atoms with Crippen LogP contribution in [0.3, 0.4) is 0 Å². The van der Waals surface area contributed by atoms with Crippen molar-refractivity contribution in [3.63, 3.8) is 0 Å². The molecule has 2 aromatic carbocycles. The van der Waals surface area contributed by atoms with Crippen LogP contribution in [0.15, 0.2) is 53.4 Å². The Balaban J connectivity index is 1.79. The molecule has 0 bridgehead atoms. The summed E-state index contributed by atoms with van der Waals surface area (Å²) in [5, 5.41) is 2.87. The number of amides is 1. The molecule has 0 radical (unpaired) electrons. The summed E-state index contributed by atoms with van der Waals surface area (Å²) in [4.78, 5) is 17.2. The average Bonchev–Trinajstić information content (AvgIpc) is 3.08. The van der Waals surface area contributed by atoms with Gasteiger partial charge < -0.3 is 14.8 Å². The van der Waals surface area contributed by atoms with Crippen LogP contribution in [0, 0.1) is 6.92 Å². The molecule has 0 spiro atoms. The normalized spacial score (nSPS) is 11.0. The number of nitrogens with zero attached hydrogens (tertiary/aromatic N) is 1. The third kappa shape index (κ3) is 4.66. The van der Waals surface area contributed by atoms with Crippen LogP contribution in [-0.4, -0.2) is 33.5 Å². The van der Waals surface area contributed by atoms with Crippen molar-refractivity contribution >= 4 is 38.1 Å². The number of carbonyl (C=O) groups is 1. The van der Waals surface area contributed by atoms with Gasteiger partial charge in [-0.05, 0) is 31.2 Å². The van der Waals surface area contributed by atoms with Gasteiger partial charge in [0.15, 0.2) is 16.6 Å². The number of thiazole rings is 1. The summed E-state index contributed by atoms with van der Waals surface area (Å²) in [7, 11) is -0.758. The maximum absolute atomic E-state index is 12.6. The lowest BCUT2D eigenvalue weighted by atomic mass is 10.2. The van der Waals surface area contributed by atoms with Crippen molar-refractivity contribution in [2.24, 2.45) is 0 Å². The molecule has 8 nitrogen and oxygen atoms in total. The molecule has 0 fully saturated rings. The second-order valence-electron chi connectivity index (χ2n) is 5.88. The monoisotopic (exact) mass is 433 g/mol. The smallest absolute Gasteiger partial charge is 0.267 e. The Kier molecular flexibility index (Phi) is 6.04. The molecule has 0 aliphatic rings. The quantitative estimate of drug-likeness (QED) is 0.590. The number of methoxy groups -OCH3 is 2. The molecule has 3 aromatic rings. The fourth-order valence-corrected chi connectivity index (χ4v) is 4.64. The summed E-state index contributed by atoms with van der Waals surface area (Å²) in [6.45, 7) is 1.64. The van der Waals surface area contributed by atoms with E-state index in [0.717, 1.165) is 11.3 Å². The Morgan fingerprint density at radius 3 is 2.38 bits per heavy atom. The first-order valence-corrected chi connectivity index (χ1v) is 10.7. The number of hydrogen-bond donors (Lipinski definition) is 2. The Labute approximate surface area is 172 Å². The molecule has 29 heavy (non-hydrogen) atoms. The van der Waals surface area contributed by atoms with Gasteiger partial charge in [0.2, 0.25) is 0 Å². The molecule has 0 unspecified atom stereocenters. The summed E-state index contributed by atoms with van der Waals surface area (Å²) < 4.78 is 37.7. The molecule has 2 N–H and O–H groups in total. The van der Waals surface area contributed by atoms with Crippen LogP contribution in [-0.2, 0) is 10.0 Å². The number of sulfonamides is 1. The van der Waals surface area contributed by atoms with Gasteiger partial charge in [-0.1, -0.05) is 29.5 Å². The van der Waals surface area contributed by atoms with Crippen LogP contribution in [0.4, 0.5) is 10.8 Å². The highest BCUT2D eigenvalue weighted by Gasteiger charge is 2.20. The largest absolute Gasteiger partial charge is 0.493 e. The Morgan fingerprint density at radius 2 is 1.72 bits per heavy atom. The fourth-order valence-electron chi connectivity index (χ4n) is 2.53. The molecular formula is C19H19N3O5S2. The highest BCUT2D eigenvalue weighted by Crippen LogP contribution is 2.31. The highest BCUT2D eigenvalue weighted by atomic mass is 32.2. The number of aryl methyl sites for hydroxylation is 1. The summed E-state index contributed by atoms with van der Waals surface area (Å²) in [6.07, 6.45) is 0. The molecule has 0 aliphatic carbocycles. The van der Waals surface area contributed by atoms with Crippen LogP contribution in [0.25, 0.3) is 0 Å². The standard InChI is InChI=1S/C19H19N3O5S2/c1-12-17(18(23)21-13-9-10-15(26-2)16(11-13)27-3)28-19(20-12)22-29(24,25)14-7-5-4-6-8-14/h4-11H,1-3H3,(H,20,22)(H,21,23). The van der Waals surface area contributed by atoms with Gasteiger partial charge in [0.25, 0.3) is 15.9 Å². The van der Waals surface area contributed by atoms with E-state index in [1.807, 2.05) is 0 Å². The molecule has 0 saturated heterocycles. The van der Waals surface area contributed by atoms with Gasteiger partial charge in [0.1, 0.15) is 4.88 Å². The lowest BCUT2D eigenvalue weighted by Gasteiger charge is -2.10. The van der Waals surface area contributed by atoms with Crippen molar-refractivity contribution in [3.05, 3.63) is 59.1 Å². The second kappa shape index (κ2) is 8.50. The van der Waals surface area contributed by atoms with Crippen molar-refractivity contribution in [2.75, 3.05) is 24.3 Å². The number of ether oxygens (including phenoxy) is 2. The number of anilines is 2. The topological polar surface area (TPSA) is 107 Å². The minimum absolute atomic E-state index is 0.115. The van der Waals surface area contributed by atoms with Crippen LogP contribution in [0.2, 0.25) is 0 Å². The highest BCUT2D eigenvalue weighted by molar-refractivity contribution is 7.93. The summed E-state index contributed by atoms with van der Waals surface area (Å²) in [5.74, 6) is 0.608. The minimum Gasteiger partial charge on any atom is -0.493 e. The Morgan fingerprint density at radius 1 is 1.03 bits per heavy atom. The zero-order chi connectivity index (χ0) is 21.0. The third-order valence-corrected chi connectivity index (χ3v) is 6.48. The molecule has 3 rings (SSSR count). The number of aromatic nitrogens is 1. The first-order chi connectivity index (χ1) is 13.8. The van der Waals surface area contributed by atoms with Crippen molar-refractivity contribution in [1.82, 2.24) is 4.98 Å². The van der Waals surface area contributed by atoms with Crippen molar-refractivity contribution in [2.45, 2.75) is 11.8 Å². The molecule has 0 atom stereocenters. The van der Waals surface area contributed by atoms with Crippen LogP contribution >= 0.6 is 11.3 Å². The molecule has 10 heteroatoms. The van der Waals surface area contributed by atoms with Gasteiger partial charge in [-0.25, -0.2) is 13.4 Å². The van der Waals surface area contributed by atoms with Gasteiger partial charge in [-0.3, -0.25) is 9.52 Å². The van der Waals surface area contributed by atoms with Crippen molar-refractivity contribution in [1.29, 1.82) is 0 Å². The van der Waals surface area contributed by atoms with E-state index in [4.69, 9.17) is 9.47 Å². The van der Waals surface area contributed by atoms with Gasteiger partial charge >= 0.3 is 0 Å². The third-order valence-electron chi connectivity index (χ3n) is 3.92. The molecule has 1 aromatic heterocycles. The molecule has 1 amide bonds. The van der Waals surface area contributed by atoms with E-state index in [-0.39, 0.29) is 10.0 Å². The SMILES string of the molecule is COc1ccc(NC(=O)c2sc(NS(=O)(=O)c3ccccc3)nc2C)cc1OC. The first kappa shape index (κ1) is 20.6. The van der Waals surface area contributed by atoms with Crippen LogP contribution < -0.4 is 19.5 Å². The summed E-state index contributed by atoms with van der Waals surface area (Å²) >= 11 is 0.957.